The number of carboxylic acids is 1. The van der Waals surface area contributed by atoms with E-state index in [1.807, 2.05) is 13.8 Å². The van der Waals surface area contributed by atoms with Gasteiger partial charge in [-0.1, -0.05) is 13.8 Å². The van der Waals surface area contributed by atoms with Crippen LogP contribution in [0.25, 0.3) is 0 Å². The first-order valence-corrected chi connectivity index (χ1v) is 7.60. The Balaban J connectivity index is 2.29. The van der Waals surface area contributed by atoms with E-state index in [2.05, 4.69) is 0 Å². The number of aliphatic hydroxyl groups is 1. The second kappa shape index (κ2) is 4.32. The minimum absolute atomic E-state index is 0.0258. The van der Waals surface area contributed by atoms with Gasteiger partial charge in [0.05, 0.1) is 18.3 Å². The third-order valence-electron chi connectivity index (χ3n) is 3.26. The number of hydrogen-bond donors (Lipinski definition) is 2. The molecule has 0 aromatic heterocycles. The predicted octanol–water partition coefficient (Wildman–Crippen LogP) is 0.374. The maximum atomic E-state index is 11.1. The van der Waals surface area contributed by atoms with E-state index in [0.717, 1.165) is 0 Å². The Morgan fingerprint density at radius 1 is 1.35 bits per heavy atom. The lowest BCUT2D eigenvalue weighted by atomic mass is 10.0. The quantitative estimate of drug-likeness (QED) is 0.700. The van der Waals surface area contributed by atoms with E-state index in [9.17, 15) is 9.90 Å². The Kier molecular flexibility index (Phi) is 3.30. The van der Waals surface area contributed by atoms with Crippen LogP contribution in [0, 0.1) is 0 Å². The number of rotatable bonds is 2. The van der Waals surface area contributed by atoms with Gasteiger partial charge < -0.3 is 23.5 Å². The van der Waals surface area contributed by atoms with Gasteiger partial charge in [-0.25, -0.2) is 4.79 Å². The molecule has 0 aliphatic carbocycles. The number of carbonyl (C=O) groups is 1. The van der Waals surface area contributed by atoms with Crippen molar-refractivity contribution in [2.75, 3.05) is 0 Å². The molecule has 0 aromatic rings. The molecule has 0 amide bonds. The Morgan fingerprint density at radius 3 is 2.53 bits per heavy atom. The summed E-state index contributed by atoms with van der Waals surface area (Å²) in [6, 6.07) is 0. The van der Waals surface area contributed by atoms with Crippen molar-refractivity contribution >= 4 is 14.8 Å². The van der Waals surface area contributed by atoms with Gasteiger partial charge in [0.1, 0.15) is 0 Å². The zero-order valence-corrected chi connectivity index (χ0v) is 11.1. The molecule has 5 atom stereocenters. The van der Waals surface area contributed by atoms with Crippen LogP contribution in [0.3, 0.4) is 0 Å². The minimum atomic E-state index is -2.98. The van der Waals surface area contributed by atoms with Gasteiger partial charge in [-0.05, 0) is 6.92 Å². The standard InChI is InChI=1S/C10H18O6Si/c1-5(2)17-14-6(3)7(11)4-8(15-17)9(16-17)10(12)13/h5-9,11H,4H2,1-3H3,(H,12,13). The van der Waals surface area contributed by atoms with Crippen molar-refractivity contribution in [2.24, 2.45) is 0 Å². The van der Waals surface area contributed by atoms with Gasteiger partial charge in [0.15, 0.2) is 6.10 Å². The highest BCUT2D eigenvalue weighted by Gasteiger charge is 2.61. The number of carboxylic acid groups (broad SMARTS) is 1. The monoisotopic (exact) mass is 262 g/mol. The van der Waals surface area contributed by atoms with Crippen LogP contribution in [0.5, 0.6) is 0 Å². The highest BCUT2D eigenvalue weighted by atomic mass is 28.4. The number of aliphatic hydroxyl groups excluding tert-OH is 1. The highest BCUT2D eigenvalue weighted by Crippen LogP contribution is 2.40. The van der Waals surface area contributed by atoms with Gasteiger partial charge >= 0.3 is 14.8 Å². The van der Waals surface area contributed by atoms with Crippen LogP contribution >= 0.6 is 0 Å². The molecule has 2 saturated heterocycles. The summed E-state index contributed by atoms with van der Waals surface area (Å²) in [5.74, 6) is -1.06. The minimum Gasteiger partial charge on any atom is -0.479 e. The summed E-state index contributed by atoms with van der Waals surface area (Å²) in [4.78, 5) is 11.1. The summed E-state index contributed by atoms with van der Waals surface area (Å²) in [6.07, 6.45) is -2.49. The molecule has 2 aliphatic heterocycles. The smallest absolute Gasteiger partial charge is 0.479 e. The van der Waals surface area contributed by atoms with E-state index < -0.39 is 33.1 Å². The maximum Gasteiger partial charge on any atom is 0.505 e. The second-order valence-corrected chi connectivity index (χ2v) is 7.99. The van der Waals surface area contributed by atoms with E-state index in [0.29, 0.717) is 0 Å². The average Bonchev–Trinajstić information content (AvgIpc) is 2.51. The van der Waals surface area contributed by atoms with Crippen molar-refractivity contribution in [3.63, 3.8) is 0 Å². The molecule has 0 aromatic carbocycles. The van der Waals surface area contributed by atoms with E-state index in [-0.39, 0.29) is 18.1 Å². The zero-order valence-electron chi connectivity index (χ0n) is 10.1. The first-order chi connectivity index (χ1) is 7.85. The third-order valence-corrected chi connectivity index (χ3v) is 6.59. The molecule has 98 valence electrons. The van der Waals surface area contributed by atoms with Crippen molar-refractivity contribution in [1.29, 1.82) is 0 Å². The maximum absolute atomic E-state index is 11.1. The second-order valence-electron chi connectivity index (χ2n) is 4.92. The number of hydrogen-bond acceptors (Lipinski definition) is 5. The SMILES string of the molecule is CC1O[Si]2(C(C)C)OC(CC1O)C(C(=O)O)O2. The van der Waals surface area contributed by atoms with Crippen LogP contribution < -0.4 is 0 Å². The van der Waals surface area contributed by atoms with Gasteiger partial charge in [0, 0.05) is 12.0 Å². The van der Waals surface area contributed by atoms with Crippen LogP contribution in [0.15, 0.2) is 0 Å². The normalized spacial score (nSPS) is 45.9. The van der Waals surface area contributed by atoms with Crippen LogP contribution in [0.2, 0.25) is 5.54 Å². The van der Waals surface area contributed by atoms with E-state index in [1.54, 1.807) is 6.92 Å². The summed E-state index contributed by atoms with van der Waals surface area (Å²) in [5.41, 5.74) is -0.0258. The summed E-state index contributed by atoms with van der Waals surface area (Å²) in [5, 5.41) is 18.9. The average molecular weight is 262 g/mol. The Bertz CT molecular complexity index is 322. The fourth-order valence-electron chi connectivity index (χ4n) is 2.17. The van der Waals surface area contributed by atoms with E-state index in [4.69, 9.17) is 18.4 Å². The van der Waals surface area contributed by atoms with Crippen molar-refractivity contribution in [2.45, 2.75) is 57.1 Å². The lowest BCUT2D eigenvalue weighted by molar-refractivity contribution is -0.148. The zero-order chi connectivity index (χ0) is 12.8. The topological polar surface area (TPSA) is 85.2 Å². The predicted molar refractivity (Wildman–Crippen MR) is 59.4 cm³/mol. The highest BCUT2D eigenvalue weighted by molar-refractivity contribution is 6.63. The van der Waals surface area contributed by atoms with Crippen LogP contribution in [-0.4, -0.2) is 49.4 Å². The van der Waals surface area contributed by atoms with Gasteiger partial charge in [0.2, 0.25) is 0 Å². The molecule has 2 bridgehead atoms. The summed E-state index contributed by atoms with van der Waals surface area (Å²) in [7, 11) is -2.98. The van der Waals surface area contributed by atoms with E-state index in [1.165, 1.54) is 0 Å². The molecule has 0 saturated carbocycles. The molecule has 2 fully saturated rings. The molecule has 2 N–H and O–H groups in total. The lowest BCUT2D eigenvalue weighted by Crippen LogP contribution is -2.49. The number of fused-ring (bicyclic) bond motifs is 2. The Hall–Kier alpha value is -0.473. The molecule has 6 nitrogen and oxygen atoms in total. The molecule has 2 aliphatic rings. The molecule has 17 heavy (non-hydrogen) atoms. The van der Waals surface area contributed by atoms with Crippen molar-refractivity contribution < 1.29 is 28.3 Å². The first kappa shape index (κ1) is 13.0. The summed E-state index contributed by atoms with van der Waals surface area (Å²) in [6.45, 7) is 5.53. The van der Waals surface area contributed by atoms with Crippen LogP contribution in [0.4, 0.5) is 0 Å². The molecule has 0 spiro atoms. The molecule has 0 radical (unpaired) electrons. The van der Waals surface area contributed by atoms with Gasteiger partial charge in [0.25, 0.3) is 0 Å². The van der Waals surface area contributed by atoms with Gasteiger partial charge in [-0.15, -0.1) is 0 Å². The van der Waals surface area contributed by atoms with Crippen LogP contribution in [0.1, 0.15) is 27.2 Å². The van der Waals surface area contributed by atoms with Crippen molar-refractivity contribution in [3.8, 4) is 0 Å². The molecule has 2 heterocycles. The first-order valence-electron chi connectivity index (χ1n) is 5.80. The summed E-state index contributed by atoms with van der Waals surface area (Å²) < 4.78 is 17.0. The third kappa shape index (κ3) is 2.13. The molecular formula is C10H18O6Si. The van der Waals surface area contributed by atoms with Crippen LogP contribution in [-0.2, 0) is 18.1 Å². The summed E-state index contributed by atoms with van der Waals surface area (Å²) >= 11 is 0. The van der Waals surface area contributed by atoms with Gasteiger partial charge in [-0.2, -0.15) is 0 Å². The fraction of sp³-hybridized carbons (Fsp3) is 0.900. The Labute approximate surface area is 101 Å². The molecule has 5 unspecified atom stereocenters. The lowest BCUT2D eigenvalue weighted by Gasteiger charge is -2.30. The fourth-order valence-corrected chi connectivity index (χ4v) is 5.07. The van der Waals surface area contributed by atoms with Crippen molar-refractivity contribution in [1.82, 2.24) is 0 Å². The van der Waals surface area contributed by atoms with Crippen molar-refractivity contribution in [3.05, 3.63) is 0 Å². The molecular weight excluding hydrogens is 244 g/mol. The number of aliphatic carboxylic acids is 1. The van der Waals surface area contributed by atoms with Gasteiger partial charge in [-0.3, -0.25) is 0 Å². The van der Waals surface area contributed by atoms with E-state index >= 15 is 0 Å². The molecule has 7 heteroatoms. The molecule has 2 rings (SSSR count). The Morgan fingerprint density at radius 2 is 2.00 bits per heavy atom. The largest absolute Gasteiger partial charge is 0.505 e.